The van der Waals surface area contributed by atoms with E-state index in [0.29, 0.717) is 40.9 Å². The topological polar surface area (TPSA) is 57.1 Å². The molecule has 0 amide bonds. The summed E-state index contributed by atoms with van der Waals surface area (Å²) in [6.45, 7) is 2.66. The van der Waals surface area contributed by atoms with Crippen LogP contribution in [0.25, 0.3) is 6.08 Å². The summed E-state index contributed by atoms with van der Waals surface area (Å²) < 4.78 is 20.2. The molecule has 1 aliphatic heterocycles. The first-order valence-corrected chi connectivity index (χ1v) is 13.5. The minimum Gasteiger partial charge on any atom is -0.490 e. The summed E-state index contributed by atoms with van der Waals surface area (Å²) in [5, 5.41) is 0.376. The molecule has 5 nitrogen and oxygen atoms in total. The molecule has 0 saturated heterocycles. The lowest BCUT2D eigenvalue weighted by atomic mass is 10.1. The Balaban J connectivity index is 1.61. The van der Waals surface area contributed by atoms with Gasteiger partial charge in [-0.15, -0.1) is 0 Å². The lowest BCUT2D eigenvalue weighted by Gasteiger charge is -2.15. The van der Waals surface area contributed by atoms with Crippen LogP contribution >= 0.6 is 72.7 Å². The lowest BCUT2D eigenvalue weighted by molar-refractivity contribution is -0.129. The molecule has 3 aromatic carbocycles. The van der Waals surface area contributed by atoms with E-state index in [1.165, 1.54) is 0 Å². The van der Waals surface area contributed by atoms with Crippen LogP contribution in [0.3, 0.4) is 0 Å². The Bertz CT molecular complexity index is 1330. The zero-order valence-corrected chi connectivity index (χ0v) is 24.4. The fourth-order valence-corrected chi connectivity index (χ4v) is 4.77. The Morgan fingerprint density at radius 2 is 1.94 bits per heavy atom. The van der Waals surface area contributed by atoms with Gasteiger partial charge in [0.1, 0.15) is 6.61 Å². The first kappa shape index (κ1) is 25.5. The number of carbonyl (C=O) groups excluding carboxylic acids is 1. The molecule has 3 aromatic rings. The summed E-state index contributed by atoms with van der Waals surface area (Å²) in [7, 11) is 0. The van der Waals surface area contributed by atoms with Crippen molar-refractivity contribution in [3.63, 3.8) is 0 Å². The van der Waals surface area contributed by atoms with Gasteiger partial charge in [0.2, 0.25) is 5.90 Å². The summed E-state index contributed by atoms with van der Waals surface area (Å²) in [6.07, 6.45) is 1.62. The van der Waals surface area contributed by atoms with Gasteiger partial charge in [-0.2, -0.15) is 0 Å². The fraction of sp³-hybridized carbons (Fsp3) is 0.120. The van der Waals surface area contributed by atoms with Gasteiger partial charge in [0.15, 0.2) is 17.2 Å². The van der Waals surface area contributed by atoms with E-state index in [2.05, 4.69) is 66.1 Å². The van der Waals surface area contributed by atoms with Crippen molar-refractivity contribution in [3.05, 3.63) is 93.6 Å². The molecule has 0 fully saturated rings. The Labute approximate surface area is 237 Å². The maximum Gasteiger partial charge on any atom is 0.363 e. The van der Waals surface area contributed by atoms with Gasteiger partial charge in [-0.3, -0.25) is 0 Å². The Morgan fingerprint density at radius 1 is 1.12 bits per heavy atom. The molecule has 4 rings (SSSR count). The van der Waals surface area contributed by atoms with E-state index >= 15 is 0 Å². The first-order valence-electron chi connectivity index (χ1n) is 10.2. The Kier molecular flexibility index (Phi) is 8.54. The summed E-state index contributed by atoms with van der Waals surface area (Å²) in [5.41, 5.74) is 2.55. The quantitative estimate of drug-likeness (QED) is 0.141. The van der Waals surface area contributed by atoms with Crippen LogP contribution in [0.15, 0.2) is 69.8 Å². The van der Waals surface area contributed by atoms with Gasteiger partial charge < -0.3 is 14.2 Å². The number of benzene rings is 3. The first-order chi connectivity index (χ1) is 16.3. The second-order valence-electron chi connectivity index (χ2n) is 7.15. The molecular formula is C25H17BrClI2NO4. The monoisotopic (exact) mass is 763 g/mol. The van der Waals surface area contributed by atoms with Crippen LogP contribution in [0, 0.1) is 7.14 Å². The molecule has 1 heterocycles. The van der Waals surface area contributed by atoms with E-state index in [1.54, 1.807) is 18.2 Å². The van der Waals surface area contributed by atoms with E-state index in [4.69, 9.17) is 25.8 Å². The van der Waals surface area contributed by atoms with E-state index in [9.17, 15) is 4.79 Å². The highest BCUT2D eigenvalue weighted by Gasteiger charge is 2.25. The number of carbonyl (C=O) groups is 1. The third kappa shape index (κ3) is 6.13. The van der Waals surface area contributed by atoms with Crippen molar-refractivity contribution in [2.24, 2.45) is 4.99 Å². The molecule has 1 aliphatic rings. The minimum absolute atomic E-state index is 0.177. The highest BCUT2D eigenvalue weighted by molar-refractivity contribution is 14.1. The van der Waals surface area contributed by atoms with Crippen molar-refractivity contribution in [1.29, 1.82) is 0 Å². The van der Waals surface area contributed by atoms with Crippen LogP contribution in [0.5, 0.6) is 11.5 Å². The molecule has 9 heteroatoms. The zero-order valence-electron chi connectivity index (χ0n) is 17.8. The molecule has 0 atom stereocenters. The van der Waals surface area contributed by atoms with Crippen LogP contribution in [-0.4, -0.2) is 18.5 Å². The average molecular weight is 765 g/mol. The van der Waals surface area contributed by atoms with Gasteiger partial charge in [0, 0.05) is 17.2 Å². The summed E-state index contributed by atoms with van der Waals surface area (Å²) in [5.74, 6) is 0.663. The number of ether oxygens (including phenoxy) is 3. The van der Waals surface area contributed by atoms with E-state index in [1.807, 2.05) is 49.4 Å². The number of cyclic esters (lactones) is 1. The normalized spacial score (nSPS) is 14.2. The predicted molar refractivity (Wildman–Crippen MR) is 154 cm³/mol. The van der Waals surface area contributed by atoms with E-state index in [0.717, 1.165) is 17.2 Å². The van der Waals surface area contributed by atoms with Crippen molar-refractivity contribution in [3.8, 4) is 11.5 Å². The number of esters is 1. The molecule has 0 bridgehead atoms. The summed E-state index contributed by atoms with van der Waals surface area (Å²) in [6, 6.07) is 17.1. The molecule has 34 heavy (non-hydrogen) atoms. The number of nitrogens with zero attached hydrogens (tertiary/aromatic N) is 1. The van der Waals surface area contributed by atoms with Crippen LogP contribution in [0.4, 0.5) is 0 Å². The van der Waals surface area contributed by atoms with Crippen molar-refractivity contribution in [1.82, 2.24) is 0 Å². The second kappa shape index (κ2) is 11.4. The Hall–Kier alpha value is -1.63. The van der Waals surface area contributed by atoms with Gasteiger partial charge in [-0.1, -0.05) is 23.7 Å². The largest absolute Gasteiger partial charge is 0.490 e. The van der Waals surface area contributed by atoms with Crippen LogP contribution < -0.4 is 9.47 Å². The molecule has 174 valence electrons. The van der Waals surface area contributed by atoms with Gasteiger partial charge in [0.25, 0.3) is 0 Å². The number of rotatable bonds is 7. The van der Waals surface area contributed by atoms with Crippen LogP contribution in [0.2, 0.25) is 5.02 Å². The lowest BCUT2D eigenvalue weighted by Crippen LogP contribution is -2.05. The molecule has 0 spiro atoms. The molecule has 0 unspecified atom stereocenters. The molecular weight excluding hydrogens is 747 g/mol. The van der Waals surface area contributed by atoms with Crippen molar-refractivity contribution < 1.29 is 19.0 Å². The average Bonchev–Trinajstić information content (AvgIpc) is 3.15. The third-order valence-electron chi connectivity index (χ3n) is 4.69. The molecule has 0 saturated carbocycles. The smallest absolute Gasteiger partial charge is 0.363 e. The fourth-order valence-electron chi connectivity index (χ4n) is 3.18. The molecule has 0 aromatic heterocycles. The Morgan fingerprint density at radius 3 is 2.68 bits per heavy atom. The van der Waals surface area contributed by atoms with Crippen LogP contribution in [-0.2, 0) is 16.1 Å². The summed E-state index contributed by atoms with van der Waals surface area (Å²) in [4.78, 5) is 16.8. The van der Waals surface area contributed by atoms with Gasteiger partial charge in [-0.05, 0) is 128 Å². The van der Waals surface area contributed by atoms with Gasteiger partial charge in [0.05, 0.1) is 11.6 Å². The third-order valence-corrected chi connectivity index (χ3v) is 7.98. The van der Waals surface area contributed by atoms with Gasteiger partial charge >= 0.3 is 5.97 Å². The SMILES string of the molecule is CCOc1cc(/C=C2\N=C(c3ccc(I)c(Br)c3)OC2=O)cc(Cl)c1OCc1cccc(I)c1. The number of halogens is 4. The molecule has 0 N–H and O–H groups in total. The predicted octanol–water partition coefficient (Wildman–Crippen LogP) is 7.63. The minimum atomic E-state index is -0.530. The second-order valence-corrected chi connectivity index (χ2v) is 10.8. The number of hydrogen-bond acceptors (Lipinski definition) is 5. The van der Waals surface area contributed by atoms with Crippen molar-refractivity contribution >= 4 is 90.7 Å². The van der Waals surface area contributed by atoms with Gasteiger partial charge in [-0.25, -0.2) is 9.79 Å². The number of hydrogen-bond donors (Lipinski definition) is 0. The zero-order chi connectivity index (χ0) is 24.2. The summed E-state index contributed by atoms with van der Waals surface area (Å²) >= 11 is 14.5. The molecule has 0 radical (unpaired) electrons. The van der Waals surface area contributed by atoms with E-state index < -0.39 is 5.97 Å². The maximum absolute atomic E-state index is 12.5. The van der Waals surface area contributed by atoms with E-state index in [-0.39, 0.29) is 11.6 Å². The highest BCUT2D eigenvalue weighted by atomic mass is 127. The number of aliphatic imine (C=N–C) groups is 1. The van der Waals surface area contributed by atoms with Crippen molar-refractivity contribution in [2.45, 2.75) is 13.5 Å². The standard InChI is InChI=1S/C25H17BrClI2NO4/c1-2-32-22-11-15(9-19(27)23(22)33-13-14-4-3-5-17(28)8-14)10-21-25(31)34-24(30-21)16-6-7-20(29)18(26)12-16/h3-12H,2,13H2,1H3/b21-10-. The highest BCUT2D eigenvalue weighted by Crippen LogP contribution is 2.38. The molecule has 0 aliphatic carbocycles. The van der Waals surface area contributed by atoms with Crippen LogP contribution in [0.1, 0.15) is 23.6 Å². The maximum atomic E-state index is 12.5. The van der Waals surface area contributed by atoms with Crippen molar-refractivity contribution in [2.75, 3.05) is 6.61 Å².